The number of anilines is 1. The van der Waals surface area contributed by atoms with Gasteiger partial charge in [-0.2, -0.15) is 0 Å². The molecule has 0 spiro atoms. The lowest BCUT2D eigenvalue weighted by atomic mass is 10.1. The number of hydrogen-bond acceptors (Lipinski definition) is 1. The normalized spacial score (nSPS) is 10.3. The van der Waals surface area contributed by atoms with Crippen molar-refractivity contribution < 1.29 is 18.0 Å². The van der Waals surface area contributed by atoms with Crippen molar-refractivity contribution in [2.45, 2.75) is 6.42 Å². The van der Waals surface area contributed by atoms with Gasteiger partial charge in [-0.3, -0.25) is 4.79 Å². The van der Waals surface area contributed by atoms with Crippen LogP contribution < -0.4 is 5.32 Å². The third-order valence-electron chi connectivity index (χ3n) is 2.42. The molecule has 5 heteroatoms. The van der Waals surface area contributed by atoms with Crippen molar-refractivity contribution in [3.05, 3.63) is 65.5 Å². The lowest BCUT2D eigenvalue weighted by molar-refractivity contribution is -0.115. The zero-order chi connectivity index (χ0) is 13.8. The SMILES string of the molecule is O=C(Cc1cc(F)cc(F)c1)Nc1ccc(F)cc1. The van der Waals surface area contributed by atoms with E-state index in [1.165, 1.54) is 24.3 Å². The molecule has 98 valence electrons. The molecular weight excluding hydrogens is 255 g/mol. The number of hydrogen-bond donors (Lipinski definition) is 1. The Hall–Kier alpha value is -2.30. The standard InChI is InChI=1S/C14H10F3NO/c15-10-1-3-13(4-2-10)18-14(19)7-9-5-11(16)8-12(17)6-9/h1-6,8H,7H2,(H,18,19). The fraction of sp³-hybridized carbons (Fsp3) is 0.0714. The molecule has 0 unspecified atom stereocenters. The van der Waals surface area contributed by atoms with Gasteiger partial charge in [-0.05, 0) is 42.0 Å². The predicted molar refractivity (Wildman–Crippen MR) is 65.1 cm³/mol. The summed E-state index contributed by atoms with van der Waals surface area (Å²) in [4.78, 5) is 11.6. The van der Waals surface area contributed by atoms with Crippen molar-refractivity contribution in [3.8, 4) is 0 Å². The van der Waals surface area contributed by atoms with Gasteiger partial charge < -0.3 is 5.32 Å². The van der Waals surface area contributed by atoms with Gasteiger partial charge in [0.25, 0.3) is 0 Å². The van der Waals surface area contributed by atoms with Crippen LogP contribution in [0, 0.1) is 17.5 Å². The molecule has 0 aliphatic carbocycles. The van der Waals surface area contributed by atoms with Crippen molar-refractivity contribution in [2.24, 2.45) is 0 Å². The van der Waals surface area contributed by atoms with Gasteiger partial charge in [-0.25, -0.2) is 13.2 Å². The summed E-state index contributed by atoms with van der Waals surface area (Å²) >= 11 is 0. The van der Waals surface area contributed by atoms with Crippen LogP contribution in [-0.2, 0) is 11.2 Å². The average molecular weight is 265 g/mol. The molecule has 0 fully saturated rings. The molecule has 0 aliphatic heterocycles. The lowest BCUT2D eigenvalue weighted by Crippen LogP contribution is -2.14. The summed E-state index contributed by atoms with van der Waals surface area (Å²) in [5.74, 6) is -2.31. The largest absolute Gasteiger partial charge is 0.326 e. The molecule has 2 rings (SSSR count). The first-order valence-corrected chi connectivity index (χ1v) is 5.53. The van der Waals surface area contributed by atoms with Crippen molar-refractivity contribution in [1.82, 2.24) is 0 Å². The second-order valence-corrected chi connectivity index (χ2v) is 4.01. The monoisotopic (exact) mass is 265 g/mol. The Morgan fingerprint density at radius 3 is 2.05 bits per heavy atom. The smallest absolute Gasteiger partial charge is 0.228 e. The van der Waals surface area contributed by atoms with Crippen LogP contribution in [0.15, 0.2) is 42.5 Å². The number of carbonyl (C=O) groups excluding carboxylic acids is 1. The molecule has 19 heavy (non-hydrogen) atoms. The molecule has 0 heterocycles. The minimum absolute atomic E-state index is 0.161. The zero-order valence-corrected chi connectivity index (χ0v) is 9.79. The fourth-order valence-electron chi connectivity index (χ4n) is 1.64. The molecule has 0 radical (unpaired) electrons. The van der Waals surface area contributed by atoms with Crippen LogP contribution in [0.2, 0.25) is 0 Å². The molecule has 1 N–H and O–H groups in total. The summed E-state index contributed by atoms with van der Waals surface area (Å²) in [6.07, 6.45) is -0.161. The maximum Gasteiger partial charge on any atom is 0.228 e. The summed E-state index contributed by atoms with van der Waals surface area (Å²) in [7, 11) is 0. The molecular formula is C14H10F3NO. The highest BCUT2D eigenvalue weighted by Gasteiger charge is 2.07. The molecule has 0 bridgehead atoms. The van der Waals surface area contributed by atoms with Crippen LogP contribution in [0.1, 0.15) is 5.56 Å². The number of amides is 1. The Bertz CT molecular complexity index is 576. The van der Waals surface area contributed by atoms with E-state index in [0.717, 1.165) is 18.2 Å². The van der Waals surface area contributed by atoms with Gasteiger partial charge in [0.2, 0.25) is 5.91 Å². The zero-order valence-electron chi connectivity index (χ0n) is 9.79. The molecule has 2 nitrogen and oxygen atoms in total. The second kappa shape index (κ2) is 5.56. The molecule has 0 aliphatic rings. The molecule has 0 saturated carbocycles. The summed E-state index contributed by atoms with van der Waals surface area (Å²) in [6.45, 7) is 0. The van der Waals surface area contributed by atoms with E-state index in [4.69, 9.17) is 0 Å². The first-order valence-electron chi connectivity index (χ1n) is 5.53. The molecule has 0 atom stereocenters. The first kappa shape index (κ1) is 13.1. The summed E-state index contributed by atoms with van der Waals surface area (Å²) < 4.78 is 38.5. The van der Waals surface area contributed by atoms with Gasteiger partial charge in [0, 0.05) is 11.8 Å². The molecule has 2 aromatic carbocycles. The Kier molecular flexibility index (Phi) is 3.85. The van der Waals surface area contributed by atoms with Crippen molar-refractivity contribution in [3.63, 3.8) is 0 Å². The highest BCUT2D eigenvalue weighted by atomic mass is 19.1. The van der Waals surface area contributed by atoms with E-state index in [-0.39, 0.29) is 12.0 Å². The Morgan fingerprint density at radius 2 is 1.47 bits per heavy atom. The predicted octanol–water partition coefficient (Wildman–Crippen LogP) is 3.29. The van der Waals surface area contributed by atoms with E-state index in [1.54, 1.807) is 0 Å². The summed E-state index contributed by atoms with van der Waals surface area (Å²) in [5, 5.41) is 2.51. The van der Waals surface area contributed by atoms with Crippen LogP contribution in [0.25, 0.3) is 0 Å². The molecule has 2 aromatic rings. The van der Waals surface area contributed by atoms with E-state index >= 15 is 0 Å². The van der Waals surface area contributed by atoms with Crippen LogP contribution in [-0.4, -0.2) is 5.91 Å². The van der Waals surface area contributed by atoms with Crippen molar-refractivity contribution in [1.29, 1.82) is 0 Å². The lowest BCUT2D eigenvalue weighted by Gasteiger charge is -2.05. The van der Waals surface area contributed by atoms with Crippen LogP contribution in [0.3, 0.4) is 0 Å². The van der Waals surface area contributed by atoms with Gasteiger partial charge in [-0.1, -0.05) is 0 Å². The van der Waals surface area contributed by atoms with Crippen LogP contribution >= 0.6 is 0 Å². The quantitative estimate of drug-likeness (QED) is 0.906. The number of nitrogens with one attached hydrogen (secondary N) is 1. The average Bonchev–Trinajstić information content (AvgIpc) is 2.30. The van der Waals surface area contributed by atoms with Gasteiger partial charge in [-0.15, -0.1) is 0 Å². The number of halogens is 3. The topological polar surface area (TPSA) is 29.1 Å². The van der Waals surface area contributed by atoms with E-state index in [9.17, 15) is 18.0 Å². The van der Waals surface area contributed by atoms with Gasteiger partial charge >= 0.3 is 0 Å². The third-order valence-corrected chi connectivity index (χ3v) is 2.42. The minimum Gasteiger partial charge on any atom is -0.326 e. The Balaban J connectivity index is 2.03. The molecule has 1 amide bonds. The van der Waals surface area contributed by atoms with E-state index in [1.807, 2.05) is 0 Å². The van der Waals surface area contributed by atoms with E-state index < -0.39 is 23.4 Å². The van der Waals surface area contributed by atoms with Crippen molar-refractivity contribution >= 4 is 11.6 Å². The fourth-order valence-corrected chi connectivity index (χ4v) is 1.64. The van der Waals surface area contributed by atoms with E-state index in [0.29, 0.717) is 5.69 Å². The number of benzene rings is 2. The molecule has 0 saturated heterocycles. The maximum absolute atomic E-state index is 12.9. The van der Waals surface area contributed by atoms with Gasteiger partial charge in [0.15, 0.2) is 0 Å². The van der Waals surface area contributed by atoms with Gasteiger partial charge in [0.1, 0.15) is 17.5 Å². The van der Waals surface area contributed by atoms with Crippen LogP contribution in [0.4, 0.5) is 18.9 Å². The first-order chi connectivity index (χ1) is 9.02. The summed E-state index contributed by atoms with van der Waals surface area (Å²) in [6, 6.07) is 8.13. The van der Waals surface area contributed by atoms with Crippen LogP contribution in [0.5, 0.6) is 0 Å². The highest BCUT2D eigenvalue weighted by molar-refractivity contribution is 5.92. The van der Waals surface area contributed by atoms with Crippen molar-refractivity contribution in [2.75, 3.05) is 5.32 Å². The second-order valence-electron chi connectivity index (χ2n) is 4.01. The number of carbonyl (C=O) groups is 1. The van der Waals surface area contributed by atoms with E-state index in [2.05, 4.69) is 5.32 Å². The third kappa shape index (κ3) is 3.84. The minimum atomic E-state index is -0.732. The Morgan fingerprint density at radius 1 is 0.895 bits per heavy atom. The summed E-state index contributed by atoms with van der Waals surface area (Å²) in [5.41, 5.74) is 0.653. The number of rotatable bonds is 3. The molecule has 0 aromatic heterocycles. The van der Waals surface area contributed by atoms with Gasteiger partial charge in [0.05, 0.1) is 6.42 Å². The Labute approximate surface area is 107 Å². The highest BCUT2D eigenvalue weighted by Crippen LogP contribution is 2.11. The maximum atomic E-state index is 12.9.